The van der Waals surface area contributed by atoms with Crippen LogP contribution in [0.2, 0.25) is 0 Å². The molecule has 2 aromatic carbocycles. The molecule has 0 saturated carbocycles. The van der Waals surface area contributed by atoms with Crippen LogP contribution in [0, 0.1) is 3.57 Å². The summed E-state index contributed by atoms with van der Waals surface area (Å²) in [5.74, 6) is 0.219. The third-order valence-corrected chi connectivity index (χ3v) is 5.35. The Morgan fingerprint density at radius 2 is 1.93 bits per heavy atom. The lowest BCUT2D eigenvalue weighted by Crippen LogP contribution is -2.49. The second kappa shape index (κ2) is 11.4. The fourth-order valence-corrected chi connectivity index (χ4v) is 3.38. The molecule has 0 heterocycles. The molecule has 0 bridgehead atoms. The minimum Gasteiger partial charge on any atom is -0.484 e. The number of rotatable bonds is 9. The minimum absolute atomic E-state index is 0.125. The summed E-state index contributed by atoms with van der Waals surface area (Å²) >= 11 is 5.66. The number of nitrogens with one attached hydrogen (secondary N) is 1. The lowest BCUT2D eigenvalue weighted by atomic mass is 10.1. The summed E-state index contributed by atoms with van der Waals surface area (Å²) < 4.78 is 7.66. The topological polar surface area (TPSA) is 58.6 Å². The van der Waals surface area contributed by atoms with Gasteiger partial charge in [0, 0.05) is 21.1 Å². The fraction of sp³-hybridized carbons (Fsp3) is 0.333. The number of hydrogen-bond acceptors (Lipinski definition) is 3. The van der Waals surface area contributed by atoms with Crippen molar-refractivity contribution in [3.63, 3.8) is 0 Å². The smallest absolute Gasteiger partial charge is 0.261 e. The van der Waals surface area contributed by atoms with Gasteiger partial charge in [0.25, 0.3) is 5.91 Å². The third-order valence-electron chi connectivity index (χ3n) is 4.13. The Hall–Kier alpha value is -1.61. The molecule has 2 amide bonds. The zero-order valence-electron chi connectivity index (χ0n) is 16.0. The highest BCUT2D eigenvalue weighted by atomic mass is 127. The van der Waals surface area contributed by atoms with Crippen LogP contribution in [0.5, 0.6) is 5.75 Å². The van der Waals surface area contributed by atoms with Crippen molar-refractivity contribution in [2.75, 3.05) is 13.2 Å². The van der Waals surface area contributed by atoms with Crippen LogP contribution < -0.4 is 10.1 Å². The second-order valence-electron chi connectivity index (χ2n) is 6.36. The van der Waals surface area contributed by atoms with Crippen LogP contribution in [-0.4, -0.2) is 35.9 Å². The first-order valence-electron chi connectivity index (χ1n) is 9.10. The lowest BCUT2D eigenvalue weighted by Gasteiger charge is -2.28. The van der Waals surface area contributed by atoms with Crippen LogP contribution in [0.3, 0.4) is 0 Å². The van der Waals surface area contributed by atoms with E-state index in [1.165, 1.54) is 0 Å². The SMILES string of the molecule is CCCNC(=O)[C@@H](C)N(Cc1cccc(Br)c1)C(=O)COc1ccc(I)cc1. The number of halogens is 2. The van der Waals surface area contributed by atoms with Crippen molar-refractivity contribution in [3.8, 4) is 5.75 Å². The van der Waals surface area contributed by atoms with Gasteiger partial charge in [-0.3, -0.25) is 9.59 Å². The van der Waals surface area contributed by atoms with Crippen molar-refractivity contribution >= 4 is 50.3 Å². The molecule has 2 rings (SSSR count). The van der Waals surface area contributed by atoms with Gasteiger partial charge < -0.3 is 15.0 Å². The maximum absolute atomic E-state index is 12.9. The molecule has 0 aromatic heterocycles. The van der Waals surface area contributed by atoms with Crippen molar-refractivity contribution < 1.29 is 14.3 Å². The van der Waals surface area contributed by atoms with Crippen molar-refractivity contribution in [1.29, 1.82) is 0 Å². The summed E-state index contributed by atoms with van der Waals surface area (Å²) in [6.45, 7) is 4.52. The van der Waals surface area contributed by atoms with Crippen LogP contribution in [0.25, 0.3) is 0 Å². The van der Waals surface area contributed by atoms with E-state index in [2.05, 4.69) is 43.8 Å². The van der Waals surface area contributed by atoms with E-state index in [1.807, 2.05) is 55.5 Å². The predicted molar refractivity (Wildman–Crippen MR) is 122 cm³/mol. The monoisotopic (exact) mass is 558 g/mol. The summed E-state index contributed by atoms with van der Waals surface area (Å²) in [5, 5.41) is 2.86. The van der Waals surface area contributed by atoms with Gasteiger partial charge >= 0.3 is 0 Å². The quantitative estimate of drug-likeness (QED) is 0.465. The third kappa shape index (κ3) is 7.09. The lowest BCUT2D eigenvalue weighted by molar-refractivity contribution is -0.142. The molecule has 28 heavy (non-hydrogen) atoms. The molecule has 0 unspecified atom stereocenters. The molecule has 0 aliphatic heterocycles. The van der Waals surface area contributed by atoms with Gasteiger partial charge in [0.05, 0.1) is 0 Å². The Morgan fingerprint density at radius 3 is 2.57 bits per heavy atom. The van der Waals surface area contributed by atoms with E-state index in [-0.39, 0.29) is 18.4 Å². The number of benzene rings is 2. The van der Waals surface area contributed by atoms with Crippen molar-refractivity contribution in [2.24, 2.45) is 0 Å². The fourth-order valence-electron chi connectivity index (χ4n) is 2.57. The van der Waals surface area contributed by atoms with Crippen molar-refractivity contribution in [3.05, 3.63) is 62.1 Å². The van der Waals surface area contributed by atoms with Gasteiger partial charge in [-0.2, -0.15) is 0 Å². The molecule has 0 aliphatic carbocycles. The highest BCUT2D eigenvalue weighted by Gasteiger charge is 2.26. The average Bonchev–Trinajstić information content (AvgIpc) is 2.69. The zero-order chi connectivity index (χ0) is 20.5. The van der Waals surface area contributed by atoms with Crippen LogP contribution in [0.15, 0.2) is 53.0 Å². The molecule has 0 spiro atoms. The zero-order valence-corrected chi connectivity index (χ0v) is 19.7. The summed E-state index contributed by atoms with van der Waals surface area (Å²) in [6.07, 6.45) is 0.841. The molecule has 5 nitrogen and oxygen atoms in total. The van der Waals surface area contributed by atoms with Crippen LogP contribution in [0.1, 0.15) is 25.8 Å². The first kappa shape index (κ1) is 22.7. The van der Waals surface area contributed by atoms with E-state index in [0.29, 0.717) is 18.8 Å². The Balaban J connectivity index is 2.12. The van der Waals surface area contributed by atoms with Gasteiger partial charge in [-0.1, -0.05) is 35.0 Å². The molecule has 2 aromatic rings. The Labute approximate surface area is 188 Å². The first-order valence-corrected chi connectivity index (χ1v) is 11.0. The molecule has 7 heteroatoms. The number of hydrogen-bond donors (Lipinski definition) is 1. The van der Waals surface area contributed by atoms with Crippen molar-refractivity contribution in [2.45, 2.75) is 32.9 Å². The molecular formula is C21H24BrIN2O3. The summed E-state index contributed by atoms with van der Waals surface area (Å²) in [6, 6.07) is 14.6. The van der Waals surface area contributed by atoms with Gasteiger partial charge in [-0.05, 0) is 77.9 Å². The summed E-state index contributed by atoms with van der Waals surface area (Å²) in [5.41, 5.74) is 0.937. The highest BCUT2D eigenvalue weighted by Crippen LogP contribution is 2.17. The van der Waals surface area contributed by atoms with E-state index >= 15 is 0 Å². The molecule has 1 atom stereocenters. The van der Waals surface area contributed by atoms with Crippen LogP contribution in [0.4, 0.5) is 0 Å². The number of ether oxygens (including phenoxy) is 1. The van der Waals surface area contributed by atoms with E-state index < -0.39 is 6.04 Å². The van der Waals surface area contributed by atoms with Gasteiger partial charge in [-0.25, -0.2) is 0 Å². The number of nitrogens with zero attached hydrogens (tertiary/aromatic N) is 1. The number of amides is 2. The average molecular weight is 559 g/mol. The van der Waals surface area contributed by atoms with E-state index in [4.69, 9.17) is 4.74 Å². The number of carbonyl (C=O) groups is 2. The van der Waals surface area contributed by atoms with E-state index in [1.54, 1.807) is 11.8 Å². The molecule has 0 radical (unpaired) electrons. The highest BCUT2D eigenvalue weighted by molar-refractivity contribution is 14.1. The largest absolute Gasteiger partial charge is 0.484 e. The van der Waals surface area contributed by atoms with Gasteiger partial charge in [-0.15, -0.1) is 0 Å². The Kier molecular flexibility index (Phi) is 9.24. The Morgan fingerprint density at radius 1 is 1.21 bits per heavy atom. The van der Waals surface area contributed by atoms with Gasteiger partial charge in [0.15, 0.2) is 6.61 Å². The normalized spacial score (nSPS) is 11.6. The molecule has 1 N–H and O–H groups in total. The maximum atomic E-state index is 12.9. The summed E-state index contributed by atoms with van der Waals surface area (Å²) in [7, 11) is 0. The van der Waals surface area contributed by atoms with Crippen LogP contribution in [-0.2, 0) is 16.1 Å². The van der Waals surface area contributed by atoms with Gasteiger partial charge in [0.2, 0.25) is 5.91 Å². The minimum atomic E-state index is -0.599. The summed E-state index contributed by atoms with van der Waals surface area (Å²) in [4.78, 5) is 26.9. The standard InChI is InChI=1S/C21H24BrIN2O3/c1-3-11-24-21(27)15(2)25(13-16-5-4-6-17(22)12-16)20(26)14-28-19-9-7-18(23)8-10-19/h4-10,12,15H,3,11,13-14H2,1-2H3,(H,24,27)/t15-/m1/s1. The maximum Gasteiger partial charge on any atom is 0.261 e. The number of carbonyl (C=O) groups excluding carboxylic acids is 2. The van der Waals surface area contributed by atoms with Crippen LogP contribution >= 0.6 is 38.5 Å². The van der Waals surface area contributed by atoms with E-state index in [9.17, 15) is 9.59 Å². The van der Waals surface area contributed by atoms with E-state index in [0.717, 1.165) is 20.0 Å². The second-order valence-corrected chi connectivity index (χ2v) is 8.52. The molecule has 0 fully saturated rings. The first-order chi connectivity index (χ1) is 13.4. The molecular weight excluding hydrogens is 535 g/mol. The molecule has 0 aliphatic rings. The molecule has 0 saturated heterocycles. The predicted octanol–water partition coefficient (Wildman–Crippen LogP) is 4.38. The van der Waals surface area contributed by atoms with Crippen molar-refractivity contribution in [1.82, 2.24) is 10.2 Å². The van der Waals surface area contributed by atoms with Gasteiger partial charge in [0.1, 0.15) is 11.8 Å². The Bertz CT molecular complexity index is 798. The molecule has 150 valence electrons.